The van der Waals surface area contributed by atoms with Gasteiger partial charge in [0.25, 0.3) is 5.91 Å². The zero-order valence-electron chi connectivity index (χ0n) is 12.9. The van der Waals surface area contributed by atoms with Crippen LogP contribution in [0.3, 0.4) is 0 Å². The fraction of sp³-hybridized carbons (Fsp3) is 0.250. The minimum atomic E-state index is -0.386. The lowest BCUT2D eigenvalue weighted by Gasteiger charge is -2.00. The zero-order valence-corrected chi connectivity index (χ0v) is 13.7. The van der Waals surface area contributed by atoms with Crippen molar-refractivity contribution in [2.24, 2.45) is 10.2 Å². The summed E-state index contributed by atoms with van der Waals surface area (Å²) in [4.78, 5) is 16.2. The summed E-state index contributed by atoms with van der Waals surface area (Å²) in [5.74, 6) is -0.363. The van der Waals surface area contributed by atoms with Gasteiger partial charge in [-0.05, 0) is 19.9 Å². The van der Waals surface area contributed by atoms with Crippen molar-refractivity contribution >= 4 is 33.8 Å². The van der Waals surface area contributed by atoms with Crippen LogP contribution in [0.1, 0.15) is 17.6 Å². The summed E-state index contributed by atoms with van der Waals surface area (Å²) < 4.78 is 1.73. The summed E-state index contributed by atoms with van der Waals surface area (Å²) in [6.45, 7) is 4.43. The van der Waals surface area contributed by atoms with E-state index in [2.05, 4.69) is 15.2 Å². The van der Waals surface area contributed by atoms with E-state index in [0.717, 1.165) is 15.9 Å². The van der Waals surface area contributed by atoms with Crippen molar-refractivity contribution in [3.8, 4) is 5.88 Å². The molecule has 23 heavy (non-hydrogen) atoms. The van der Waals surface area contributed by atoms with Crippen LogP contribution in [-0.4, -0.2) is 20.6 Å². The summed E-state index contributed by atoms with van der Waals surface area (Å²) in [5, 5.41) is 21.5. The molecule has 0 aliphatic rings. The normalized spacial score (nSPS) is 11.6. The van der Waals surface area contributed by atoms with Gasteiger partial charge in [0, 0.05) is 17.3 Å². The number of carbonyl (C=O) groups is 1. The van der Waals surface area contributed by atoms with Crippen molar-refractivity contribution in [1.82, 2.24) is 9.55 Å². The molecule has 2 heterocycles. The summed E-state index contributed by atoms with van der Waals surface area (Å²) in [7, 11) is 0. The molecule has 6 nitrogen and oxygen atoms in total. The fourth-order valence-electron chi connectivity index (χ4n) is 2.48. The van der Waals surface area contributed by atoms with E-state index in [1.54, 1.807) is 4.57 Å². The first-order chi connectivity index (χ1) is 11.1. The van der Waals surface area contributed by atoms with E-state index in [1.807, 2.05) is 43.5 Å². The van der Waals surface area contributed by atoms with E-state index in [-0.39, 0.29) is 18.2 Å². The maximum Gasteiger partial charge on any atom is 0.270 e. The number of aryl methyl sites for hydroxylation is 2. The van der Waals surface area contributed by atoms with E-state index in [4.69, 9.17) is 0 Å². The Morgan fingerprint density at radius 1 is 1.39 bits per heavy atom. The highest BCUT2D eigenvalue weighted by atomic mass is 32.1. The van der Waals surface area contributed by atoms with Gasteiger partial charge in [-0.15, -0.1) is 21.6 Å². The number of amides is 1. The van der Waals surface area contributed by atoms with Crippen molar-refractivity contribution in [3.63, 3.8) is 0 Å². The Labute approximate surface area is 137 Å². The van der Waals surface area contributed by atoms with Crippen LogP contribution in [0.15, 0.2) is 39.9 Å². The second kappa shape index (κ2) is 6.29. The van der Waals surface area contributed by atoms with E-state index in [0.29, 0.717) is 17.9 Å². The van der Waals surface area contributed by atoms with Crippen LogP contribution in [0, 0.1) is 6.92 Å². The van der Waals surface area contributed by atoms with Crippen molar-refractivity contribution < 1.29 is 9.90 Å². The second-order valence-corrected chi connectivity index (χ2v) is 6.12. The quantitative estimate of drug-likeness (QED) is 0.735. The zero-order chi connectivity index (χ0) is 16.4. The lowest BCUT2D eigenvalue weighted by molar-refractivity contribution is -0.117. The van der Waals surface area contributed by atoms with Crippen LogP contribution in [0.4, 0.5) is 5.69 Å². The molecule has 0 radical (unpaired) electrons. The monoisotopic (exact) mass is 328 g/mol. The molecule has 3 aromatic rings. The summed E-state index contributed by atoms with van der Waals surface area (Å²) in [6.07, 6.45) is 0.112. The molecule has 3 rings (SSSR count). The average molecular weight is 328 g/mol. The van der Waals surface area contributed by atoms with Crippen LogP contribution < -0.4 is 0 Å². The van der Waals surface area contributed by atoms with Gasteiger partial charge in [0.15, 0.2) is 5.69 Å². The first-order valence-electron chi connectivity index (χ1n) is 7.26. The molecule has 0 atom stereocenters. The third-order valence-corrected chi connectivity index (χ3v) is 4.32. The number of hydrogen-bond donors (Lipinski definition) is 1. The van der Waals surface area contributed by atoms with E-state index >= 15 is 0 Å². The summed E-state index contributed by atoms with van der Waals surface area (Å²) >= 11 is 1.49. The van der Waals surface area contributed by atoms with Gasteiger partial charge in [-0.1, -0.05) is 18.2 Å². The largest absolute Gasteiger partial charge is 0.493 e. The standard InChI is InChI=1S/C16H16N4O2S/c1-3-20-13-7-5-4-6-12(13)15(16(20)22)19-18-14(21)8-11-9-23-10(2)17-11/h4-7,9,22H,3,8H2,1-2H3. The lowest BCUT2D eigenvalue weighted by atomic mass is 10.2. The minimum absolute atomic E-state index is 0.0229. The van der Waals surface area contributed by atoms with Gasteiger partial charge < -0.3 is 9.67 Å². The average Bonchev–Trinajstić information content (AvgIpc) is 3.05. The number of nitrogens with zero attached hydrogens (tertiary/aromatic N) is 4. The second-order valence-electron chi connectivity index (χ2n) is 5.06. The van der Waals surface area contributed by atoms with Crippen molar-refractivity contribution in [3.05, 3.63) is 40.3 Å². The number of thiazole rings is 1. The van der Waals surface area contributed by atoms with Crippen molar-refractivity contribution in [2.45, 2.75) is 26.8 Å². The molecule has 0 aliphatic carbocycles. The van der Waals surface area contributed by atoms with E-state index < -0.39 is 0 Å². The third kappa shape index (κ3) is 3.00. The number of para-hydroxylation sites is 1. The molecule has 7 heteroatoms. The molecule has 0 fully saturated rings. The lowest BCUT2D eigenvalue weighted by Crippen LogP contribution is -1.98. The molecule has 0 unspecified atom stereocenters. The van der Waals surface area contributed by atoms with Crippen LogP contribution in [0.2, 0.25) is 0 Å². The minimum Gasteiger partial charge on any atom is -0.493 e. The molecule has 1 N–H and O–H groups in total. The van der Waals surface area contributed by atoms with Gasteiger partial charge in [0.05, 0.1) is 22.6 Å². The Morgan fingerprint density at radius 2 is 2.17 bits per heavy atom. The van der Waals surface area contributed by atoms with Gasteiger partial charge >= 0.3 is 0 Å². The van der Waals surface area contributed by atoms with E-state index in [1.165, 1.54) is 11.3 Å². The molecular formula is C16H16N4O2S. The number of fused-ring (bicyclic) bond motifs is 1. The highest BCUT2D eigenvalue weighted by Gasteiger charge is 2.15. The number of carbonyl (C=O) groups excluding carboxylic acids is 1. The Bertz CT molecular complexity index is 895. The van der Waals surface area contributed by atoms with Crippen molar-refractivity contribution in [1.29, 1.82) is 0 Å². The Balaban J connectivity index is 1.89. The summed E-state index contributed by atoms with van der Waals surface area (Å²) in [6, 6.07) is 7.51. The molecular weight excluding hydrogens is 312 g/mol. The van der Waals surface area contributed by atoms with Gasteiger partial charge in [0.2, 0.25) is 5.88 Å². The molecule has 118 valence electrons. The molecule has 0 saturated heterocycles. The molecule has 1 amide bonds. The van der Waals surface area contributed by atoms with Crippen LogP contribution in [0.5, 0.6) is 5.88 Å². The Hall–Kier alpha value is -2.54. The first kappa shape index (κ1) is 15.4. The van der Waals surface area contributed by atoms with Crippen LogP contribution in [0.25, 0.3) is 10.9 Å². The number of aromatic nitrogens is 2. The maximum absolute atomic E-state index is 11.9. The Morgan fingerprint density at radius 3 is 2.87 bits per heavy atom. The third-order valence-electron chi connectivity index (χ3n) is 3.49. The van der Waals surface area contributed by atoms with Crippen LogP contribution >= 0.6 is 11.3 Å². The predicted molar refractivity (Wildman–Crippen MR) is 89.4 cm³/mol. The topological polar surface area (TPSA) is 79.8 Å². The van der Waals surface area contributed by atoms with Gasteiger partial charge in [-0.2, -0.15) is 0 Å². The number of rotatable bonds is 4. The predicted octanol–water partition coefficient (Wildman–Crippen LogP) is 3.98. The molecule has 0 saturated carbocycles. The molecule has 0 bridgehead atoms. The molecule has 2 aromatic heterocycles. The molecule has 1 aromatic carbocycles. The van der Waals surface area contributed by atoms with Gasteiger partial charge in [0.1, 0.15) is 0 Å². The molecule has 0 spiro atoms. The smallest absolute Gasteiger partial charge is 0.270 e. The highest BCUT2D eigenvalue weighted by molar-refractivity contribution is 7.09. The first-order valence-corrected chi connectivity index (χ1v) is 8.14. The van der Waals surface area contributed by atoms with Gasteiger partial charge in [-0.3, -0.25) is 4.79 Å². The summed E-state index contributed by atoms with van der Waals surface area (Å²) in [5.41, 5.74) is 1.88. The number of hydrogen-bond acceptors (Lipinski definition) is 5. The molecule has 0 aliphatic heterocycles. The van der Waals surface area contributed by atoms with Crippen molar-refractivity contribution in [2.75, 3.05) is 0 Å². The van der Waals surface area contributed by atoms with Gasteiger partial charge in [-0.25, -0.2) is 4.98 Å². The Kier molecular flexibility index (Phi) is 4.20. The number of benzene rings is 1. The highest BCUT2D eigenvalue weighted by Crippen LogP contribution is 2.38. The SMILES string of the molecule is CCn1c(O)c(N=NC(=O)Cc2csc(C)n2)c2ccccc21. The van der Waals surface area contributed by atoms with E-state index in [9.17, 15) is 9.90 Å². The number of aromatic hydroxyl groups is 1. The van der Waals surface area contributed by atoms with Crippen LogP contribution in [-0.2, 0) is 17.8 Å². The maximum atomic E-state index is 11.9. The number of azo groups is 1. The fourth-order valence-corrected chi connectivity index (χ4v) is 3.09.